The van der Waals surface area contributed by atoms with E-state index in [1.165, 1.54) is 0 Å². The quantitative estimate of drug-likeness (QED) is 0.472. The van der Waals surface area contributed by atoms with Crippen LogP contribution in [0.3, 0.4) is 0 Å². The summed E-state index contributed by atoms with van der Waals surface area (Å²) in [6.45, 7) is 0.112. The average molecular weight is 395 g/mol. The maximum absolute atomic E-state index is 12.1. The van der Waals surface area contributed by atoms with Gasteiger partial charge in [0.2, 0.25) is 5.89 Å². The number of nitrogens with zero attached hydrogens (tertiary/aromatic N) is 2. The topological polar surface area (TPSA) is 78.4 Å². The van der Waals surface area contributed by atoms with Gasteiger partial charge in [0.25, 0.3) is 5.89 Å². The predicted octanol–water partition coefficient (Wildman–Crippen LogP) is 4.56. The van der Waals surface area contributed by atoms with Gasteiger partial charge < -0.3 is 13.6 Å². The van der Waals surface area contributed by atoms with Crippen LogP contribution in [0.5, 0.6) is 5.75 Å². The van der Waals surface area contributed by atoms with Crippen molar-refractivity contribution in [2.75, 3.05) is 0 Å². The van der Waals surface area contributed by atoms with E-state index in [2.05, 4.69) is 10.2 Å². The molecule has 2 heterocycles. The van der Waals surface area contributed by atoms with E-state index in [0.717, 1.165) is 41.3 Å². The number of aromatic nitrogens is 2. The number of hydrogen-bond acceptors (Lipinski definition) is 6. The smallest absolute Gasteiger partial charge is 0.339 e. The predicted molar refractivity (Wildman–Crippen MR) is 104 cm³/mol. The fourth-order valence-corrected chi connectivity index (χ4v) is 3.65. The van der Waals surface area contributed by atoms with Crippen molar-refractivity contribution in [1.82, 2.24) is 10.2 Å². The summed E-state index contributed by atoms with van der Waals surface area (Å²) < 4.78 is 16.9. The molecule has 6 nitrogen and oxygen atoms in total. The molecule has 2 aromatic carbocycles. The van der Waals surface area contributed by atoms with Gasteiger partial charge in [0.15, 0.2) is 6.61 Å². The number of ether oxygens (including phenoxy) is 1. The van der Waals surface area contributed by atoms with Gasteiger partial charge in [-0.05, 0) is 61.2 Å². The summed E-state index contributed by atoms with van der Waals surface area (Å²) in [5.74, 6) is 1.32. The van der Waals surface area contributed by atoms with Crippen molar-refractivity contribution in [2.45, 2.75) is 25.9 Å². The van der Waals surface area contributed by atoms with E-state index >= 15 is 0 Å². The lowest BCUT2D eigenvalue weighted by molar-refractivity contribution is 0.264. The maximum Gasteiger partial charge on any atom is 0.339 e. The summed E-state index contributed by atoms with van der Waals surface area (Å²) in [6.07, 6.45) is 2.69. The Balaban J connectivity index is 1.36. The first-order valence-electron chi connectivity index (χ1n) is 8.97. The zero-order valence-corrected chi connectivity index (χ0v) is 15.5. The van der Waals surface area contributed by atoms with Gasteiger partial charge in [-0.3, -0.25) is 0 Å². The minimum absolute atomic E-state index is 0.112. The lowest BCUT2D eigenvalue weighted by Gasteiger charge is -2.07. The number of hydrogen-bond donors (Lipinski definition) is 0. The maximum atomic E-state index is 12.1. The molecule has 2 aromatic heterocycles. The van der Waals surface area contributed by atoms with Gasteiger partial charge >= 0.3 is 5.63 Å². The van der Waals surface area contributed by atoms with E-state index < -0.39 is 0 Å². The number of rotatable bonds is 4. The Bertz CT molecular complexity index is 1230. The highest BCUT2D eigenvalue weighted by Crippen LogP contribution is 2.30. The second-order valence-electron chi connectivity index (χ2n) is 6.65. The summed E-state index contributed by atoms with van der Waals surface area (Å²) in [7, 11) is 0. The van der Waals surface area contributed by atoms with Gasteiger partial charge in [-0.1, -0.05) is 11.6 Å². The molecule has 1 aliphatic carbocycles. The fourth-order valence-electron chi connectivity index (χ4n) is 3.52. The summed E-state index contributed by atoms with van der Waals surface area (Å²) in [5.41, 5.74) is 2.98. The monoisotopic (exact) mass is 394 g/mol. The Labute approximate surface area is 164 Å². The first-order chi connectivity index (χ1) is 13.7. The molecule has 0 amide bonds. The highest BCUT2D eigenvalue weighted by Gasteiger charge is 2.19. The molecule has 0 bridgehead atoms. The molecule has 28 heavy (non-hydrogen) atoms. The van der Waals surface area contributed by atoms with E-state index in [0.29, 0.717) is 28.1 Å². The molecule has 4 aromatic rings. The Hall–Kier alpha value is -3.12. The summed E-state index contributed by atoms with van der Waals surface area (Å²) in [4.78, 5) is 12.1. The van der Waals surface area contributed by atoms with Crippen molar-refractivity contribution < 1.29 is 13.6 Å². The average Bonchev–Trinajstić information content (AvgIpc) is 3.37. The van der Waals surface area contributed by atoms with Gasteiger partial charge in [-0.15, -0.1) is 10.2 Å². The SMILES string of the molecule is O=c1oc2cc(OCc3nnc(-c4ccc(Cl)cc4)o3)ccc2c2c1CCC2. The minimum atomic E-state index is -0.248. The number of halogens is 1. The van der Waals surface area contributed by atoms with E-state index in [-0.39, 0.29) is 12.2 Å². The molecule has 0 N–H and O–H groups in total. The van der Waals surface area contributed by atoms with Crippen molar-refractivity contribution >= 4 is 22.6 Å². The van der Waals surface area contributed by atoms with Crippen LogP contribution >= 0.6 is 11.6 Å². The van der Waals surface area contributed by atoms with Crippen molar-refractivity contribution in [3.8, 4) is 17.2 Å². The summed E-state index contributed by atoms with van der Waals surface area (Å²) >= 11 is 5.89. The molecule has 0 radical (unpaired) electrons. The van der Waals surface area contributed by atoms with Gasteiger partial charge in [-0.25, -0.2) is 4.79 Å². The van der Waals surface area contributed by atoms with Crippen LogP contribution in [-0.2, 0) is 19.4 Å². The van der Waals surface area contributed by atoms with Crippen LogP contribution in [0.15, 0.2) is 56.1 Å². The highest BCUT2D eigenvalue weighted by atomic mass is 35.5. The second-order valence-corrected chi connectivity index (χ2v) is 7.09. The molecule has 1 aliphatic rings. The molecule has 7 heteroatoms. The molecular weight excluding hydrogens is 380 g/mol. The molecule has 140 valence electrons. The first-order valence-corrected chi connectivity index (χ1v) is 9.35. The first kappa shape index (κ1) is 17.0. The number of benzene rings is 2. The van der Waals surface area contributed by atoms with Crippen LogP contribution in [0, 0.1) is 0 Å². The van der Waals surface area contributed by atoms with E-state index in [1.807, 2.05) is 24.3 Å². The van der Waals surface area contributed by atoms with Crippen molar-refractivity contribution in [1.29, 1.82) is 0 Å². The molecule has 5 rings (SSSR count). The van der Waals surface area contributed by atoms with Crippen LogP contribution in [0.1, 0.15) is 23.4 Å². The fraction of sp³-hybridized carbons (Fsp3) is 0.190. The van der Waals surface area contributed by atoms with Gasteiger partial charge in [0, 0.05) is 27.6 Å². The number of aryl methyl sites for hydroxylation is 1. The number of fused-ring (bicyclic) bond motifs is 3. The van der Waals surface area contributed by atoms with Crippen LogP contribution in [-0.4, -0.2) is 10.2 Å². The molecule has 0 atom stereocenters. The molecular formula is C21H15ClN2O4. The molecule has 0 spiro atoms. The highest BCUT2D eigenvalue weighted by molar-refractivity contribution is 6.30. The van der Waals surface area contributed by atoms with Crippen LogP contribution in [0.2, 0.25) is 5.02 Å². The van der Waals surface area contributed by atoms with E-state index in [4.69, 9.17) is 25.2 Å². The second kappa shape index (κ2) is 6.80. The zero-order chi connectivity index (χ0) is 19.1. The normalized spacial score (nSPS) is 13.0. The Morgan fingerprint density at radius 1 is 1.00 bits per heavy atom. The Kier molecular flexibility index (Phi) is 4.13. The third-order valence-corrected chi connectivity index (χ3v) is 5.12. The Morgan fingerprint density at radius 2 is 1.82 bits per heavy atom. The van der Waals surface area contributed by atoms with Gasteiger partial charge in [-0.2, -0.15) is 0 Å². The summed E-state index contributed by atoms with van der Waals surface area (Å²) in [5, 5.41) is 9.65. The van der Waals surface area contributed by atoms with E-state index in [9.17, 15) is 4.79 Å². The Morgan fingerprint density at radius 3 is 2.68 bits per heavy atom. The van der Waals surface area contributed by atoms with Crippen LogP contribution in [0.25, 0.3) is 22.4 Å². The van der Waals surface area contributed by atoms with Crippen LogP contribution in [0.4, 0.5) is 0 Å². The van der Waals surface area contributed by atoms with E-state index in [1.54, 1.807) is 18.2 Å². The standard InChI is InChI=1S/C21H15ClN2O4/c22-13-6-4-12(5-7-13)20-24-23-19(28-20)11-26-14-8-9-16-15-2-1-3-17(15)21(25)27-18(16)10-14/h4-10H,1-3,11H2. The summed E-state index contributed by atoms with van der Waals surface area (Å²) in [6, 6.07) is 12.7. The molecule has 0 unspecified atom stereocenters. The largest absolute Gasteiger partial charge is 0.484 e. The zero-order valence-electron chi connectivity index (χ0n) is 14.8. The van der Waals surface area contributed by atoms with Gasteiger partial charge in [0.05, 0.1) is 0 Å². The van der Waals surface area contributed by atoms with Gasteiger partial charge in [0.1, 0.15) is 11.3 Å². The minimum Gasteiger partial charge on any atom is -0.484 e. The molecule has 0 fully saturated rings. The molecule has 0 aliphatic heterocycles. The molecule has 0 saturated carbocycles. The van der Waals surface area contributed by atoms with Crippen molar-refractivity contribution in [3.63, 3.8) is 0 Å². The van der Waals surface area contributed by atoms with Crippen LogP contribution < -0.4 is 10.4 Å². The third-order valence-electron chi connectivity index (χ3n) is 4.87. The molecule has 0 saturated heterocycles. The van der Waals surface area contributed by atoms with Crippen molar-refractivity contribution in [3.05, 3.63) is 74.9 Å². The lowest BCUT2D eigenvalue weighted by Crippen LogP contribution is -2.06. The van der Waals surface area contributed by atoms with Crippen molar-refractivity contribution in [2.24, 2.45) is 0 Å². The third kappa shape index (κ3) is 3.05. The lowest BCUT2D eigenvalue weighted by atomic mass is 10.1.